The fourth-order valence-corrected chi connectivity index (χ4v) is 4.36. The lowest BCUT2D eigenvalue weighted by Crippen LogP contribution is -2.37. The maximum absolute atomic E-state index is 12.5. The van der Waals surface area contributed by atoms with E-state index in [9.17, 15) is 9.90 Å². The predicted octanol–water partition coefficient (Wildman–Crippen LogP) is 3.74. The molecule has 37 heavy (non-hydrogen) atoms. The summed E-state index contributed by atoms with van der Waals surface area (Å²) in [6.07, 6.45) is 6.28. The second-order valence-corrected chi connectivity index (χ2v) is 10.6. The molecular weight excluding hydrogens is 515 g/mol. The smallest absolute Gasteiger partial charge is 0.227 e. The van der Waals surface area contributed by atoms with Crippen LogP contribution in [0.3, 0.4) is 0 Å². The Balaban J connectivity index is 1.39. The molecule has 12 heteroatoms. The van der Waals surface area contributed by atoms with E-state index in [4.69, 9.17) is 23.2 Å². The van der Waals surface area contributed by atoms with Gasteiger partial charge in [0.05, 0.1) is 11.8 Å². The normalized spacial score (nSPS) is 16.8. The van der Waals surface area contributed by atoms with Crippen LogP contribution in [0.4, 0.5) is 11.6 Å². The summed E-state index contributed by atoms with van der Waals surface area (Å²) in [5, 5.41) is 24.0. The summed E-state index contributed by atoms with van der Waals surface area (Å²) in [5.74, 6) is 0.940. The van der Waals surface area contributed by atoms with Gasteiger partial charge in [-0.1, -0.05) is 38.4 Å². The number of fused-ring (bicyclic) bond motifs is 1. The third kappa shape index (κ3) is 6.76. The van der Waals surface area contributed by atoms with E-state index in [-0.39, 0.29) is 34.8 Å². The number of hydrogen-bond donors (Lipinski definition) is 4. The van der Waals surface area contributed by atoms with Gasteiger partial charge in [-0.3, -0.25) is 4.79 Å². The summed E-state index contributed by atoms with van der Waals surface area (Å²) < 4.78 is 0. The molecule has 1 amide bonds. The quantitative estimate of drug-likeness (QED) is 0.370. The Bertz CT molecular complexity index is 1270. The number of allylic oxidation sites excluding steroid dienone is 2. The number of phenols is 1. The molecule has 1 aromatic carbocycles. The van der Waals surface area contributed by atoms with Crippen LogP contribution in [0.1, 0.15) is 44.1 Å². The number of halogens is 2. The molecule has 0 spiro atoms. The van der Waals surface area contributed by atoms with E-state index in [0.717, 1.165) is 16.8 Å². The SMILES string of the molecule is Cc1nc(Cl)nc(NCCNC(=O)CCc2cc(N3N=C4C=CC(Cl)=CC4N3)c(O)c(C(C)(C)C)c2)n1. The van der Waals surface area contributed by atoms with Gasteiger partial charge in [0, 0.05) is 30.1 Å². The number of phenolic OH excluding ortho intramolecular Hbond substituents is 1. The van der Waals surface area contributed by atoms with Crippen LogP contribution in [-0.4, -0.2) is 50.8 Å². The molecule has 1 aliphatic carbocycles. The molecule has 0 saturated carbocycles. The molecule has 4 N–H and O–H groups in total. The van der Waals surface area contributed by atoms with Crippen LogP contribution < -0.4 is 21.2 Å². The zero-order valence-corrected chi connectivity index (χ0v) is 22.7. The molecule has 0 saturated heterocycles. The van der Waals surface area contributed by atoms with E-state index in [0.29, 0.717) is 42.0 Å². The van der Waals surface area contributed by atoms with Crippen molar-refractivity contribution in [1.29, 1.82) is 0 Å². The highest BCUT2D eigenvalue weighted by Gasteiger charge is 2.30. The van der Waals surface area contributed by atoms with Crippen molar-refractivity contribution in [2.24, 2.45) is 5.10 Å². The van der Waals surface area contributed by atoms with Gasteiger partial charge in [-0.25, -0.2) is 4.98 Å². The number of rotatable bonds is 8. The summed E-state index contributed by atoms with van der Waals surface area (Å²) >= 11 is 12.0. The third-order valence-electron chi connectivity index (χ3n) is 5.81. The molecule has 0 fully saturated rings. The number of aromatic hydroxyl groups is 1. The van der Waals surface area contributed by atoms with Gasteiger partial charge in [0.2, 0.25) is 17.1 Å². The highest BCUT2D eigenvalue weighted by atomic mass is 35.5. The lowest BCUT2D eigenvalue weighted by atomic mass is 9.84. The van der Waals surface area contributed by atoms with Crippen LogP contribution >= 0.6 is 23.2 Å². The summed E-state index contributed by atoms with van der Waals surface area (Å²) in [4.78, 5) is 24.6. The second kappa shape index (κ2) is 11.0. The summed E-state index contributed by atoms with van der Waals surface area (Å²) in [6.45, 7) is 8.66. The van der Waals surface area contributed by atoms with E-state index in [1.165, 1.54) is 0 Å². The number of carbonyl (C=O) groups excluding carboxylic acids is 1. The lowest BCUT2D eigenvalue weighted by molar-refractivity contribution is -0.120. The van der Waals surface area contributed by atoms with Crippen LogP contribution in [-0.2, 0) is 16.6 Å². The first-order valence-electron chi connectivity index (χ1n) is 11.9. The monoisotopic (exact) mass is 544 g/mol. The molecule has 4 rings (SSSR count). The van der Waals surface area contributed by atoms with Crippen molar-refractivity contribution in [1.82, 2.24) is 25.7 Å². The molecule has 10 nitrogen and oxygen atoms in total. The third-order valence-corrected chi connectivity index (χ3v) is 6.23. The number of anilines is 2. The van der Waals surface area contributed by atoms with Crippen molar-refractivity contribution in [2.75, 3.05) is 23.5 Å². The van der Waals surface area contributed by atoms with Crippen molar-refractivity contribution in [3.63, 3.8) is 0 Å². The van der Waals surface area contributed by atoms with Crippen molar-refractivity contribution < 1.29 is 9.90 Å². The van der Waals surface area contributed by atoms with Crippen molar-refractivity contribution in [3.05, 3.63) is 57.6 Å². The highest BCUT2D eigenvalue weighted by molar-refractivity contribution is 6.32. The van der Waals surface area contributed by atoms with Gasteiger partial charge in [0.15, 0.2) is 0 Å². The molecule has 196 valence electrons. The van der Waals surface area contributed by atoms with E-state index in [2.05, 4.69) is 36.1 Å². The first kappa shape index (κ1) is 26.8. The summed E-state index contributed by atoms with van der Waals surface area (Å²) in [7, 11) is 0. The number of amides is 1. The molecule has 1 atom stereocenters. The van der Waals surface area contributed by atoms with Crippen LogP contribution in [0.2, 0.25) is 5.28 Å². The van der Waals surface area contributed by atoms with Gasteiger partial charge in [-0.15, -0.1) is 0 Å². The number of hydrogen-bond acceptors (Lipinski definition) is 9. The Hall–Kier alpha value is -3.21. The van der Waals surface area contributed by atoms with Crippen molar-refractivity contribution >= 4 is 46.5 Å². The number of benzene rings is 1. The lowest BCUT2D eigenvalue weighted by Gasteiger charge is -2.26. The summed E-state index contributed by atoms with van der Waals surface area (Å²) in [6, 6.07) is 3.64. The minimum absolute atomic E-state index is 0.0888. The van der Waals surface area contributed by atoms with E-state index < -0.39 is 0 Å². The minimum atomic E-state index is -0.318. The molecule has 1 unspecified atom stereocenters. The fourth-order valence-electron chi connectivity index (χ4n) is 3.97. The molecule has 2 aliphatic rings. The van der Waals surface area contributed by atoms with Gasteiger partial charge in [-0.2, -0.15) is 25.6 Å². The molecular formula is C25H30Cl2N8O2. The van der Waals surface area contributed by atoms with Gasteiger partial charge in [0.25, 0.3) is 0 Å². The Morgan fingerprint density at radius 3 is 2.68 bits per heavy atom. The zero-order valence-electron chi connectivity index (χ0n) is 21.1. The van der Waals surface area contributed by atoms with E-state index in [1.54, 1.807) is 18.1 Å². The first-order chi connectivity index (χ1) is 17.5. The molecule has 1 aliphatic heterocycles. The molecule has 2 heterocycles. The minimum Gasteiger partial charge on any atom is -0.505 e. The number of nitrogens with zero attached hydrogens (tertiary/aromatic N) is 5. The summed E-state index contributed by atoms with van der Waals surface area (Å²) in [5.41, 5.74) is 5.96. The van der Waals surface area contributed by atoms with Crippen LogP contribution in [0.15, 0.2) is 40.5 Å². The highest BCUT2D eigenvalue weighted by Crippen LogP contribution is 2.40. The number of aromatic nitrogens is 3. The van der Waals surface area contributed by atoms with Crippen molar-refractivity contribution in [2.45, 2.75) is 52.0 Å². The molecule has 0 bridgehead atoms. The number of carbonyl (C=O) groups is 1. The Labute approximate surface area is 225 Å². The number of aryl methyl sites for hydroxylation is 2. The van der Waals surface area contributed by atoms with Gasteiger partial charge >= 0.3 is 0 Å². The Morgan fingerprint density at radius 2 is 1.95 bits per heavy atom. The van der Waals surface area contributed by atoms with Crippen LogP contribution in [0.5, 0.6) is 5.75 Å². The molecule has 0 radical (unpaired) electrons. The number of hydrazine groups is 1. The van der Waals surface area contributed by atoms with Crippen molar-refractivity contribution in [3.8, 4) is 5.75 Å². The topological polar surface area (TPSA) is 128 Å². The number of hydrazone groups is 1. The van der Waals surface area contributed by atoms with Crippen LogP contribution in [0, 0.1) is 6.92 Å². The Morgan fingerprint density at radius 1 is 1.16 bits per heavy atom. The molecule has 1 aromatic heterocycles. The average Bonchev–Trinajstić information content (AvgIpc) is 3.22. The van der Waals surface area contributed by atoms with Gasteiger partial charge in [0.1, 0.15) is 17.3 Å². The predicted molar refractivity (Wildman–Crippen MR) is 146 cm³/mol. The fraction of sp³-hybridized carbons (Fsp3) is 0.400. The van der Waals surface area contributed by atoms with E-state index >= 15 is 0 Å². The van der Waals surface area contributed by atoms with E-state index in [1.807, 2.05) is 45.1 Å². The number of nitrogens with one attached hydrogen (secondary N) is 3. The standard InChI is InChI=1S/C25H30Cl2N8O2/c1-14-30-23(27)32-24(31-14)29-10-9-28-21(36)8-5-15-11-17(25(2,3)4)22(37)20(12-15)35-33-18-7-6-16(26)13-19(18)34-35/h6-7,11-13,19,34,37H,5,8-10H2,1-4H3,(H,28,36)(H,29,30,31,32). The zero-order chi connectivity index (χ0) is 26.7. The maximum Gasteiger partial charge on any atom is 0.227 e. The van der Waals surface area contributed by atoms with Crippen LogP contribution in [0.25, 0.3) is 0 Å². The largest absolute Gasteiger partial charge is 0.505 e. The Kier molecular flexibility index (Phi) is 8.01. The van der Waals surface area contributed by atoms with Gasteiger partial charge < -0.3 is 15.7 Å². The maximum atomic E-state index is 12.5. The first-order valence-corrected chi connectivity index (χ1v) is 12.7. The molecule has 2 aromatic rings. The average molecular weight is 545 g/mol. The van der Waals surface area contributed by atoms with Gasteiger partial charge in [-0.05, 0) is 60.2 Å². The second-order valence-electron chi connectivity index (χ2n) is 9.84.